The molecule has 142 valence electrons. The van der Waals surface area contributed by atoms with Crippen molar-refractivity contribution in [2.24, 2.45) is 0 Å². The summed E-state index contributed by atoms with van der Waals surface area (Å²) in [5, 5.41) is 5.89. The third kappa shape index (κ3) is 7.74. The van der Waals surface area contributed by atoms with Crippen LogP contribution in [0.4, 0.5) is 10.5 Å². The van der Waals surface area contributed by atoms with Gasteiger partial charge in [0.15, 0.2) is 0 Å². The molecule has 0 saturated carbocycles. The zero-order chi connectivity index (χ0) is 18.6. The molecule has 1 unspecified atom stereocenters. The molecule has 2 rings (SSSR count). The van der Waals surface area contributed by atoms with Crippen molar-refractivity contribution in [3.8, 4) is 0 Å². The number of furan rings is 1. The van der Waals surface area contributed by atoms with Crippen molar-refractivity contribution >= 4 is 11.7 Å². The summed E-state index contributed by atoms with van der Waals surface area (Å²) in [6.07, 6.45) is 7.50. The van der Waals surface area contributed by atoms with Gasteiger partial charge in [-0.3, -0.25) is 0 Å². The number of rotatable bonds is 11. The van der Waals surface area contributed by atoms with Crippen molar-refractivity contribution in [1.29, 1.82) is 0 Å². The first-order chi connectivity index (χ1) is 12.7. The fourth-order valence-corrected chi connectivity index (χ4v) is 2.74. The van der Waals surface area contributed by atoms with Crippen LogP contribution < -0.4 is 10.6 Å². The van der Waals surface area contributed by atoms with E-state index in [0.29, 0.717) is 13.2 Å². The number of benzene rings is 1. The van der Waals surface area contributed by atoms with Gasteiger partial charge in [0.1, 0.15) is 12.4 Å². The molecule has 5 nitrogen and oxygen atoms in total. The summed E-state index contributed by atoms with van der Waals surface area (Å²) >= 11 is 0. The lowest BCUT2D eigenvalue weighted by molar-refractivity contribution is 0.0930. The van der Waals surface area contributed by atoms with Gasteiger partial charge in [0.25, 0.3) is 0 Å². The Bertz CT molecular complexity index is 640. The number of anilines is 1. The summed E-state index contributed by atoms with van der Waals surface area (Å²) in [6, 6.07) is 11.4. The Morgan fingerprint density at radius 1 is 1.15 bits per heavy atom. The number of carbonyl (C=O) groups is 1. The second-order valence-electron chi connectivity index (χ2n) is 6.62. The molecule has 2 aromatic rings. The first-order valence-corrected chi connectivity index (χ1v) is 9.44. The molecule has 0 aliphatic carbocycles. The van der Waals surface area contributed by atoms with Crippen molar-refractivity contribution in [2.75, 3.05) is 5.32 Å². The average Bonchev–Trinajstić information content (AvgIpc) is 3.12. The lowest BCUT2D eigenvalue weighted by atomic mass is 10.1. The van der Waals surface area contributed by atoms with Crippen LogP contribution in [0.25, 0.3) is 0 Å². The Balaban J connectivity index is 1.71. The van der Waals surface area contributed by atoms with Gasteiger partial charge in [-0.15, -0.1) is 0 Å². The molecular formula is C21H30N2O3. The number of unbranched alkanes of at least 4 members (excludes halogenated alkanes) is 3. The van der Waals surface area contributed by atoms with E-state index in [-0.39, 0.29) is 12.1 Å². The number of hydrogen-bond acceptors (Lipinski definition) is 3. The zero-order valence-electron chi connectivity index (χ0n) is 15.8. The average molecular weight is 358 g/mol. The van der Waals surface area contributed by atoms with Gasteiger partial charge in [-0.05, 0) is 43.2 Å². The minimum Gasteiger partial charge on any atom is -0.467 e. The largest absolute Gasteiger partial charge is 0.467 e. The molecule has 0 radical (unpaired) electrons. The topological polar surface area (TPSA) is 63.5 Å². The van der Waals surface area contributed by atoms with Crippen molar-refractivity contribution in [3.05, 3.63) is 54.0 Å². The van der Waals surface area contributed by atoms with Crippen LogP contribution in [0.5, 0.6) is 0 Å². The Kier molecular flexibility index (Phi) is 8.76. The summed E-state index contributed by atoms with van der Waals surface area (Å²) in [7, 11) is 0. The highest BCUT2D eigenvalue weighted by Gasteiger charge is 2.07. The zero-order valence-corrected chi connectivity index (χ0v) is 15.8. The van der Waals surface area contributed by atoms with E-state index >= 15 is 0 Å². The highest BCUT2D eigenvalue weighted by molar-refractivity contribution is 5.89. The molecule has 5 heteroatoms. The van der Waals surface area contributed by atoms with Crippen molar-refractivity contribution in [3.63, 3.8) is 0 Å². The van der Waals surface area contributed by atoms with Crippen molar-refractivity contribution in [2.45, 2.75) is 65.2 Å². The lowest BCUT2D eigenvalue weighted by Gasteiger charge is -2.15. The lowest BCUT2D eigenvalue weighted by Crippen LogP contribution is -2.36. The molecule has 26 heavy (non-hydrogen) atoms. The number of urea groups is 1. The molecule has 0 fully saturated rings. The van der Waals surface area contributed by atoms with Gasteiger partial charge in [0.2, 0.25) is 0 Å². The van der Waals surface area contributed by atoms with Crippen LogP contribution in [0.15, 0.2) is 47.1 Å². The van der Waals surface area contributed by atoms with Crippen LogP contribution in [0.2, 0.25) is 0 Å². The predicted octanol–water partition coefficient (Wildman–Crippen LogP) is 5.48. The first kappa shape index (κ1) is 20.0. The molecule has 0 bridgehead atoms. The highest BCUT2D eigenvalue weighted by Crippen LogP contribution is 2.13. The molecule has 0 aliphatic heterocycles. The standard InChI is InChI=1S/C21H30N2O3/c1-3-4-5-6-9-17(2)22-21(24)23-19-11-7-10-18(14-19)15-25-16-20-12-8-13-26-20/h7-8,10-14,17H,3-6,9,15-16H2,1-2H3,(H2,22,23,24). The van der Waals surface area contributed by atoms with Crippen LogP contribution >= 0.6 is 0 Å². The summed E-state index contributed by atoms with van der Waals surface area (Å²) in [4.78, 5) is 12.1. The Morgan fingerprint density at radius 2 is 2.04 bits per heavy atom. The van der Waals surface area contributed by atoms with E-state index in [1.165, 1.54) is 19.3 Å². The fourth-order valence-electron chi connectivity index (χ4n) is 2.74. The first-order valence-electron chi connectivity index (χ1n) is 9.44. The van der Waals surface area contributed by atoms with Gasteiger partial charge in [-0.2, -0.15) is 0 Å². The molecule has 2 amide bonds. The molecule has 2 N–H and O–H groups in total. The third-order valence-corrected chi connectivity index (χ3v) is 4.15. The molecule has 1 atom stereocenters. The smallest absolute Gasteiger partial charge is 0.319 e. The number of carbonyl (C=O) groups excluding carboxylic acids is 1. The number of hydrogen-bond donors (Lipinski definition) is 2. The monoisotopic (exact) mass is 358 g/mol. The van der Waals surface area contributed by atoms with E-state index in [0.717, 1.165) is 29.9 Å². The third-order valence-electron chi connectivity index (χ3n) is 4.15. The SMILES string of the molecule is CCCCCCC(C)NC(=O)Nc1cccc(COCc2ccco2)c1. The van der Waals surface area contributed by atoms with Gasteiger partial charge < -0.3 is 19.8 Å². The molecule has 0 aliphatic rings. The quantitative estimate of drug-likeness (QED) is 0.523. The van der Waals surface area contributed by atoms with Gasteiger partial charge >= 0.3 is 6.03 Å². The number of ether oxygens (including phenoxy) is 1. The Labute approximate surface area is 156 Å². The maximum atomic E-state index is 12.1. The summed E-state index contributed by atoms with van der Waals surface area (Å²) in [6.45, 7) is 5.14. The molecular weight excluding hydrogens is 328 g/mol. The van der Waals surface area contributed by atoms with Crippen LogP contribution in [0.1, 0.15) is 57.3 Å². The second kappa shape index (κ2) is 11.4. The molecule has 1 heterocycles. The van der Waals surface area contributed by atoms with Crippen LogP contribution in [0, 0.1) is 0 Å². The number of nitrogens with one attached hydrogen (secondary N) is 2. The van der Waals surface area contributed by atoms with Crippen LogP contribution in [0.3, 0.4) is 0 Å². The normalized spacial score (nSPS) is 11.9. The van der Waals surface area contributed by atoms with Crippen LogP contribution in [-0.2, 0) is 18.0 Å². The number of amides is 2. The Morgan fingerprint density at radius 3 is 2.81 bits per heavy atom. The van der Waals surface area contributed by atoms with E-state index in [9.17, 15) is 4.79 Å². The van der Waals surface area contributed by atoms with Gasteiger partial charge in [0.05, 0.1) is 12.9 Å². The van der Waals surface area contributed by atoms with E-state index in [1.807, 2.05) is 43.3 Å². The van der Waals surface area contributed by atoms with Crippen molar-refractivity contribution in [1.82, 2.24) is 5.32 Å². The highest BCUT2D eigenvalue weighted by atomic mass is 16.5. The summed E-state index contributed by atoms with van der Waals surface area (Å²) in [5.41, 5.74) is 1.77. The maximum Gasteiger partial charge on any atom is 0.319 e. The fraction of sp³-hybridized carbons (Fsp3) is 0.476. The van der Waals surface area contributed by atoms with E-state index in [2.05, 4.69) is 17.6 Å². The Hall–Kier alpha value is -2.27. The van der Waals surface area contributed by atoms with E-state index in [1.54, 1.807) is 6.26 Å². The molecule has 0 saturated heterocycles. The van der Waals surface area contributed by atoms with Gasteiger partial charge in [0, 0.05) is 11.7 Å². The van der Waals surface area contributed by atoms with E-state index < -0.39 is 0 Å². The van der Waals surface area contributed by atoms with Gasteiger partial charge in [-0.1, -0.05) is 44.7 Å². The minimum atomic E-state index is -0.165. The summed E-state index contributed by atoms with van der Waals surface area (Å²) in [5.74, 6) is 0.798. The maximum absolute atomic E-state index is 12.1. The second-order valence-corrected chi connectivity index (χ2v) is 6.62. The van der Waals surface area contributed by atoms with Gasteiger partial charge in [-0.25, -0.2) is 4.79 Å². The van der Waals surface area contributed by atoms with Crippen LogP contribution in [-0.4, -0.2) is 12.1 Å². The van der Waals surface area contributed by atoms with E-state index in [4.69, 9.17) is 9.15 Å². The summed E-state index contributed by atoms with van der Waals surface area (Å²) < 4.78 is 10.9. The van der Waals surface area contributed by atoms with Crippen molar-refractivity contribution < 1.29 is 13.9 Å². The predicted molar refractivity (Wildman–Crippen MR) is 104 cm³/mol. The molecule has 1 aromatic heterocycles. The molecule has 1 aromatic carbocycles. The molecule has 0 spiro atoms. The minimum absolute atomic E-state index is 0.165.